The number of pyridine rings is 1. The molecule has 0 atom stereocenters. The summed E-state index contributed by atoms with van der Waals surface area (Å²) in [7, 11) is 0. The summed E-state index contributed by atoms with van der Waals surface area (Å²) in [6.45, 7) is 6.10. The van der Waals surface area contributed by atoms with Gasteiger partial charge in [-0.05, 0) is 69.4 Å². The zero-order valence-electron chi connectivity index (χ0n) is 18.8. The third-order valence-electron chi connectivity index (χ3n) is 6.74. The summed E-state index contributed by atoms with van der Waals surface area (Å²) < 4.78 is 7.61. The molecule has 2 fully saturated rings. The van der Waals surface area contributed by atoms with Gasteiger partial charge in [0.1, 0.15) is 11.9 Å². The Kier molecular flexibility index (Phi) is 5.79. The van der Waals surface area contributed by atoms with Crippen molar-refractivity contribution in [1.29, 1.82) is 0 Å². The van der Waals surface area contributed by atoms with Crippen molar-refractivity contribution in [2.24, 2.45) is 0 Å². The first-order chi connectivity index (χ1) is 15.6. The summed E-state index contributed by atoms with van der Waals surface area (Å²) in [5.41, 5.74) is 3.23. The van der Waals surface area contributed by atoms with E-state index in [4.69, 9.17) is 4.74 Å². The summed E-state index contributed by atoms with van der Waals surface area (Å²) >= 11 is 0. The van der Waals surface area contributed by atoms with Crippen molar-refractivity contribution in [3.8, 4) is 22.7 Å². The SMILES string of the molecule is Cc1cccc(-n2nc(C)c(-c3ccc(OC4CCN(C5CCC5)CC4)cc3)cc2=O)n1. The fourth-order valence-electron chi connectivity index (χ4n) is 4.66. The van der Waals surface area contributed by atoms with Crippen LogP contribution in [0.2, 0.25) is 0 Å². The summed E-state index contributed by atoms with van der Waals surface area (Å²) in [5.74, 6) is 1.43. The third kappa shape index (κ3) is 4.32. The Hall–Kier alpha value is -2.99. The van der Waals surface area contributed by atoms with Gasteiger partial charge in [-0.1, -0.05) is 24.6 Å². The molecule has 1 aliphatic carbocycles. The largest absolute Gasteiger partial charge is 0.490 e. The Morgan fingerprint density at radius 2 is 1.72 bits per heavy atom. The predicted molar refractivity (Wildman–Crippen MR) is 125 cm³/mol. The van der Waals surface area contributed by atoms with Crippen molar-refractivity contribution in [2.45, 2.75) is 58.1 Å². The maximum Gasteiger partial charge on any atom is 0.273 e. The zero-order chi connectivity index (χ0) is 22.1. The van der Waals surface area contributed by atoms with Gasteiger partial charge in [0.25, 0.3) is 5.56 Å². The first-order valence-electron chi connectivity index (χ1n) is 11.6. The molecule has 6 nitrogen and oxygen atoms in total. The Morgan fingerprint density at radius 3 is 2.38 bits per heavy atom. The highest BCUT2D eigenvalue weighted by atomic mass is 16.5. The number of ether oxygens (including phenoxy) is 1. The second-order valence-corrected chi connectivity index (χ2v) is 8.99. The van der Waals surface area contributed by atoms with Crippen LogP contribution in [0.4, 0.5) is 0 Å². The van der Waals surface area contributed by atoms with Crippen molar-refractivity contribution < 1.29 is 4.74 Å². The van der Waals surface area contributed by atoms with Gasteiger partial charge < -0.3 is 9.64 Å². The Bertz CT molecular complexity index is 1140. The number of rotatable bonds is 5. The van der Waals surface area contributed by atoms with Crippen LogP contribution in [0.5, 0.6) is 5.75 Å². The molecule has 5 rings (SSSR count). The number of piperidine rings is 1. The van der Waals surface area contributed by atoms with Crippen molar-refractivity contribution in [3.05, 3.63) is 70.3 Å². The number of hydrogen-bond donors (Lipinski definition) is 0. The topological polar surface area (TPSA) is 60.2 Å². The van der Waals surface area contributed by atoms with E-state index < -0.39 is 0 Å². The normalized spacial score (nSPS) is 17.8. The van der Waals surface area contributed by atoms with E-state index in [2.05, 4.69) is 15.0 Å². The van der Waals surface area contributed by atoms with Gasteiger partial charge in [0.2, 0.25) is 0 Å². The maximum absolute atomic E-state index is 12.7. The Morgan fingerprint density at radius 1 is 0.969 bits per heavy atom. The molecule has 166 valence electrons. The molecular formula is C26H30N4O2. The van der Waals surface area contributed by atoms with Crippen LogP contribution in [0, 0.1) is 13.8 Å². The lowest BCUT2D eigenvalue weighted by Gasteiger charge is -2.41. The maximum atomic E-state index is 12.7. The monoisotopic (exact) mass is 430 g/mol. The highest BCUT2D eigenvalue weighted by Gasteiger charge is 2.29. The summed E-state index contributed by atoms with van der Waals surface area (Å²) in [5, 5.41) is 4.52. The van der Waals surface area contributed by atoms with Crippen LogP contribution in [-0.4, -0.2) is 44.9 Å². The average Bonchev–Trinajstić information content (AvgIpc) is 2.76. The van der Waals surface area contributed by atoms with Gasteiger partial charge in [0.15, 0.2) is 5.82 Å². The summed E-state index contributed by atoms with van der Waals surface area (Å²) in [4.78, 5) is 19.8. The van der Waals surface area contributed by atoms with Crippen molar-refractivity contribution in [3.63, 3.8) is 0 Å². The van der Waals surface area contributed by atoms with Gasteiger partial charge in [0, 0.05) is 36.5 Å². The lowest BCUT2D eigenvalue weighted by molar-refractivity contribution is 0.0493. The minimum absolute atomic E-state index is 0.192. The Labute approximate surface area is 188 Å². The number of aryl methyl sites for hydroxylation is 2. The van der Waals surface area contributed by atoms with E-state index >= 15 is 0 Å². The Balaban J connectivity index is 1.28. The minimum atomic E-state index is -0.192. The fourth-order valence-corrected chi connectivity index (χ4v) is 4.66. The fraction of sp³-hybridized carbons (Fsp3) is 0.423. The molecule has 3 heterocycles. The average molecular weight is 431 g/mol. The van der Waals surface area contributed by atoms with E-state index in [1.807, 2.05) is 50.2 Å². The number of nitrogens with zero attached hydrogens (tertiary/aromatic N) is 4. The van der Waals surface area contributed by atoms with Crippen LogP contribution in [0.25, 0.3) is 16.9 Å². The first-order valence-corrected chi connectivity index (χ1v) is 11.6. The lowest BCUT2D eigenvalue weighted by Crippen LogP contribution is -2.46. The number of likely N-dealkylation sites (tertiary alicyclic amines) is 1. The molecule has 0 N–H and O–H groups in total. The van der Waals surface area contributed by atoms with E-state index in [0.29, 0.717) is 5.82 Å². The quantitative estimate of drug-likeness (QED) is 0.604. The molecule has 0 unspecified atom stereocenters. The molecule has 6 heteroatoms. The minimum Gasteiger partial charge on any atom is -0.490 e. The van der Waals surface area contributed by atoms with Crippen molar-refractivity contribution in [2.75, 3.05) is 13.1 Å². The molecule has 32 heavy (non-hydrogen) atoms. The van der Waals surface area contributed by atoms with Crippen LogP contribution in [0.1, 0.15) is 43.5 Å². The predicted octanol–water partition coefficient (Wildman–Crippen LogP) is 4.31. The second-order valence-electron chi connectivity index (χ2n) is 8.99. The number of aromatic nitrogens is 3. The summed E-state index contributed by atoms with van der Waals surface area (Å²) in [6, 6.07) is 16.1. The molecule has 0 bridgehead atoms. The molecule has 1 saturated carbocycles. The van der Waals surface area contributed by atoms with Gasteiger partial charge in [-0.3, -0.25) is 4.79 Å². The lowest BCUT2D eigenvalue weighted by atomic mass is 9.90. The molecule has 0 amide bonds. The molecule has 2 aliphatic rings. The third-order valence-corrected chi connectivity index (χ3v) is 6.74. The smallest absolute Gasteiger partial charge is 0.273 e. The molecule has 1 aliphatic heterocycles. The summed E-state index contributed by atoms with van der Waals surface area (Å²) in [6.07, 6.45) is 6.59. The molecule has 0 spiro atoms. The molecule has 1 saturated heterocycles. The van der Waals surface area contributed by atoms with Gasteiger partial charge in [-0.25, -0.2) is 4.98 Å². The van der Waals surface area contributed by atoms with Crippen LogP contribution in [-0.2, 0) is 0 Å². The van der Waals surface area contributed by atoms with Gasteiger partial charge in [-0.15, -0.1) is 0 Å². The molecule has 3 aromatic rings. The van der Waals surface area contributed by atoms with Crippen molar-refractivity contribution in [1.82, 2.24) is 19.7 Å². The van der Waals surface area contributed by atoms with Gasteiger partial charge in [-0.2, -0.15) is 9.78 Å². The van der Waals surface area contributed by atoms with Gasteiger partial charge >= 0.3 is 0 Å². The molecule has 0 radical (unpaired) electrons. The molecule has 1 aromatic carbocycles. The number of hydrogen-bond acceptors (Lipinski definition) is 5. The first kappa shape index (κ1) is 20.9. The van der Waals surface area contributed by atoms with Crippen LogP contribution in [0.15, 0.2) is 53.3 Å². The second kappa shape index (κ2) is 8.87. The molecular weight excluding hydrogens is 400 g/mol. The number of benzene rings is 1. The van der Waals surface area contributed by atoms with Crippen LogP contribution < -0.4 is 10.3 Å². The highest BCUT2D eigenvalue weighted by molar-refractivity contribution is 5.66. The highest BCUT2D eigenvalue weighted by Crippen LogP contribution is 2.29. The van der Waals surface area contributed by atoms with Crippen LogP contribution in [0.3, 0.4) is 0 Å². The van der Waals surface area contributed by atoms with Crippen LogP contribution >= 0.6 is 0 Å². The zero-order valence-corrected chi connectivity index (χ0v) is 18.8. The van der Waals surface area contributed by atoms with E-state index in [1.54, 1.807) is 12.1 Å². The van der Waals surface area contributed by atoms with E-state index in [-0.39, 0.29) is 11.7 Å². The van der Waals surface area contributed by atoms with E-state index in [9.17, 15) is 4.79 Å². The van der Waals surface area contributed by atoms with Crippen molar-refractivity contribution >= 4 is 0 Å². The van der Waals surface area contributed by atoms with E-state index in [1.165, 1.54) is 23.9 Å². The molecule has 2 aromatic heterocycles. The standard InChI is InChI=1S/C26H30N4O2/c1-18-5-3-8-25(27-18)30-26(31)17-24(19(2)28-30)20-9-11-22(12-10-20)32-23-13-15-29(16-14-23)21-6-4-7-21/h3,5,8-12,17,21,23H,4,6-7,13-16H2,1-2H3. The van der Waals surface area contributed by atoms with E-state index in [0.717, 1.165) is 60.2 Å². The van der Waals surface area contributed by atoms with Gasteiger partial charge in [0.05, 0.1) is 5.69 Å².